The van der Waals surface area contributed by atoms with Gasteiger partial charge < -0.3 is 10.2 Å². The molecular weight excluding hydrogens is 234 g/mol. The zero-order chi connectivity index (χ0) is 13.4. The van der Waals surface area contributed by atoms with E-state index in [1.54, 1.807) is 6.08 Å². The fourth-order valence-electron chi connectivity index (χ4n) is 1.47. The van der Waals surface area contributed by atoms with Crippen molar-refractivity contribution < 1.29 is 19.8 Å². The van der Waals surface area contributed by atoms with E-state index in [9.17, 15) is 9.59 Å². The summed E-state index contributed by atoms with van der Waals surface area (Å²) in [7, 11) is 0. The van der Waals surface area contributed by atoms with Gasteiger partial charge in [0.2, 0.25) is 0 Å². The Hall–Kier alpha value is -2.14. The highest BCUT2D eigenvalue weighted by Gasteiger charge is 2.11. The van der Waals surface area contributed by atoms with Gasteiger partial charge in [-0.1, -0.05) is 42.5 Å². The SMILES string of the molecule is O=C(O)CN(CC=Cc1ccccc1)CC(=O)O. The molecule has 2 N–H and O–H groups in total. The van der Waals surface area contributed by atoms with Gasteiger partial charge in [0.25, 0.3) is 0 Å². The van der Waals surface area contributed by atoms with Crippen LogP contribution in [0.1, 0.15) is 5.56 Å². The van der Waals surface area contributed by atoms with Gasteiger partial charge in [0.05, 0.1) is 13.1 Å². The number of carboxylic acid groups (broad SMARTS) is 2. The van der Waals surface area contributed by atoms with E-state index < -0.39 is 11.9 Å². The Morgan fingerprint density at radius 2 is 1.61 bits per heavy atom. The Bertz CT molecular complexity index is 412. The van der Waals surface area contributed by atoms with E-state index in [4.69, 9.17) is 10.2 Å². The molecule has 96 valence electrons. The van der Waals surface area contributed by atoms with Gasteiger partial charge in [-0.3, -0.25) is 14.5 Å². The lowest BCUT2D eigenvalue weighted by Crippen LogP contribution is -2.34. The summed E-state index contributed by atoms with van der Waals surface area (Å²) in [6, 6.07) is 9.51. The van der Waals surface area contributed by atoms with Gasteiger partial charge in [-0.25, -0.2) is 0 Å². The van der Waals surface area contributed by atoms with Crippen molar-refractivity contribution in [1.82, 2.24) is 4.90 Å². The first-order valence-electron chi connectivity index (χ1n) is 5.45. The van der Waals surface area contributed by atoms with Crippen molar-refractivity contribution in [1.29, 1.82) is 0 Å². The van der Waals surface area contributed by atoms with Crippen LogP contribution in [0.25, 0.3) is 6.08 Å². The summed E-state index contributed by atoms with van der Waals surface area (Å²) in [5.74, 6) is -2.08. The van der Waals surface area contributed by atoms with Gasteiger partial charge in [0.1, 0.15) is 0 Å². The number of hydrogen-bond donors (Lipinski definition) is 2. The largest absolute Gasteiger partial charge is 0.480 e. The predicted molar refractivity (Wildman–Crippen MR) is 67.2 cm³/mol. The van der Waals surface area contributed by atoms with Crippen LogP contribution in [0.15, 0.2) is 36.4 Å². The molecule has 0 aromatic heterocycles. The highest BCUT2D eigenvalue weighted by molar-refractivity contribution is 5.72. The van der Waals surface area contributed by atoms with Crippen molar-refractivity contribution in [2.75, 3.05) is 19.6 Å². The molecule has 18 heavy (non-hydrogen) atoms. The van der Waals surface area contributed by atoms with Crippen LogP contribution in [-0.4, -0.2) is 46.7 Å². The Kier molecular flexibility index (Phi) is 5.60. The quantitative estimate of drug-likeness (QED) is 0.758. The smallest absolute Gasteiger partial charge is 0.317 e. The van der Waals surface area contributed by atoms with Crippen LogP contribution in [0, 0.1) is 0 Å². The van der Waals surface area contributed by atoms with E-state index in [2.05, 4.69) is 0 Å². The molecule has 0 atom stereocenters. The Morgan fingerprint density at radius 1 is 1.06 bits per heavy atom. The molecule has 0 saturated heterocycles. The summed E-state index contributed by atoms with van der Waals surface area (Å²) in [5.41, 5.74) is 0.989. The zero-order valence-corrected chi connectivity index (χ0v) is 9.82. The van der Waals surface area contributed by atoms with Gasteiger partial charge >= 0.3 is 11.9 Å². The second kappa shape index (κ2) is 7.24. The van der Waals surface area contributed by atoms with E-state index in [1.165, 1.54) is 4.90 Å². The van der Waals surface area contributed by atoms with Crippen LogP contribution < -0.4 is 0 Å². The number of rotatable bonds is 7. The minimum absolute atomic E-state index is 0.285. The first-order chi connectivity index (χ1) is 8.58. The number of nitrogens with zero attached hydrogens (tertiary/aromatic N) is 1. The average molecular weight is 249 g/mol. The van der Waals surface area contributed by atoms with Gasteiger partial charge in [0.15, 0.2) is 0 Å². The number of carbonyl (C=O) groups is 2. The lowest BCUT2D eigenvalue weighted by atomic mass is 10.2. The third-order valence-corrected chi connectivity index (χ3v) is 2.19. The summed E-state index contributed by atoms with van der Waals surface area (Å²) < 4.78 is 0. The lowest BCUT2D eigenvalue weighted by molar-refractivity contribution is -0.141. The fraction of sp³-hybridized carbons (Fsp3) is 0.231. The number of benzene rings is 1. The van der Waals surface area contributed by atoms with Crippen molar-refractivity contribution in [2.24, 2.45) is 0 Å². The van der Waals surface area contributed by atoms with Crippen molar-refractivity contribution >= 4 is 18.0 Å². The maximum Gasteiger partial charge on any atom is 0.317 e. The summed E-state index contributed by atoms with van der Waals surface area (Å²) >= 11 is 0. The van der Waals surface area contributed by atoms with Crippen molar-refractivity contribution in [3.63, 3.8) is 0 Å². The molecule has 0 amide bonds. The molecule has 0 aliphatic carbocycles. The molecule has 0 spiro atoms. The molecule has 5 nitrogen and oxygen atoms in total. The molecule has 0 fully saturated rings. The summed E-state index contributed by atoms with van der Waals surface area (Å²) in [4.78, 5) is 22.5. The van der Waals surface area contributed by atoms with Crippen molar-refractivity contribution in [3.05, 3.63) is 42.0 Å². The number of carboxylic acids is 2. The van der Waals surface area contributed by atoms with Crippen LogP contribution in [0.2, 0.25) is 0 Å². The second-order valence-corrected chi connectivity index (χ2v) is 3.77. The zero-order valence-electron chi connectivity index (χ0n) is 9.82. The van der Waals surface area contributed by atoms with Crippen LogP contribution >= 0.6 is 0 Å². The van der Waals surface area contributed by atoms with E-state index >= 15 is 0 Å². The van der Waals surface area contributed by atoms with Gasteiger partial charge in [-0.2, -0.15) is 0 Å². The molecule has 0 saturated carbocycles. The molecule has 0 aliphatic heterocycles. The molecule has 1 aromatic carbocycles. The standard InChI is InChI=1S/C13H15NO4/c15-12(16)9-14(10-13(17)18)8-4-7-11-5-2-1-3-6-11/h1-7H,8-10H2,(H,15,16)(H,17,18). The van der Waals surface area contributed by atoms with E-state index in [0.29, 0.717) is 0 Å². The average Bonchev–Trinajstić information content (AvgIpc) is 2.28. The van der Waals surface area contributed by atoms with Crippen LogP contribution in [0.3, 0.4) is 0 Å². The molecule has 0 unspecified atom stereocenters. The molecule has 0 radical (unpaired) electrons. The maximum atomic E-state index is 10.6. The molecule has 0 aliphatic rings. The number of aliphatic carboxylic acids is 2. The first-order valence-corrected chi connectivity index (χ1v) is 5.45. The molecule has 0 heterocycles. The Labute approximate surface area is 105 Å². The van der Waals surface area contributed by atoms with E-state index in [-0.39, 0.29) is 19.6 Å². The van der Waals surface area contributed by atoms with E-state index in [1.807, 2.05) is 36.4 Å². The van der Waals surface area contributed by atoms with Crippen LogP contribution in [0.4, 0.5) is 0 Å². The normalized spacial score (nSPS) is 10.9. The van der Waals surface area contributed by atoms with E-state index in [0.717, 1.165) is 5.56 Å². The predicted octanol–water partition coefficient (Wildman–Crippen LogP) is 1.17. The minimum atomic E-state index is -1.04. The molecule has 5 heteroatoms. The Morgan fingerprint density at radius 3 is 2.11 bits per heavy atom. The summed E-state index contributed by atoms with van der Waals surface area (Å²) in [6.07, 6.45) is 3.58. The molecule has 0 bridgehead atoms. The molecule has 1 rings (SSSR count). The van der Waals surface area contributed by atoms with Gasteiger partial charge in [0, 0.05) is 6.54 Å². The topological polar surface area (TPSA) is 77.8 Å². The van der Waals surface area contributed by atoms with Crippen LogP contribution in [-0.2, 0) is 9.59 Å². The fourth-order valence-corrected chi connectivity index (χ4v) is 1.47. The summed E-state index contributed by atoms with van der Waals surface area (Å²) in [5, 5.41) is 17.3. The second-order valence-electron chi connectivity index (χ2n) is 3.77. The third-order valence-electron chi connectivity index (χ3n) is 2.19. The highest BCUT2D eigenvalue weighted by atomic mass is 16.4. The minimum Gasteiger partial charge on any atom is -0.480 e. The van der Waals surface area contributed by atoms with Crippen molar-refractivity contribution in [2.45, 2.75) is 0 Å². The third kappa shape index (κ3) is 5.81. The highest BCUT2D eigenvalue weighted by Crippen LogP contribution is 2.01. The summed E-state index contributed by atoms with van der Waals surface area (Å²) in [6.45, 7) is -0.287. The Balaban J connectivity index is 2.53. The number of hydrogen-bond acceptors (Lipinski definition) is 3. The monoisotopic (exact) mass is 249 g/mol. The lowest BCUT2D eigenvalue weighted by Gasteiger charge is -2.15. The van der Waals surface area contributed by atoms with Crippen LogP contribution in [0.5, 0.6) is 0 Å². The maximum absolute atomic E-state index is 10.6. The van der Waals surface area contributed by atoms with Gasteiger partial charge in [-0.15, -0.1) is 0 Å². The van der Waals surface area contributed by atoms with Crippen molar-refractivity contribution in [3.8, 4) is 0 Å². The first kappa shape index (κ1) is 13.9. The van der Waals surface area contributed by atoms with Gasteiger partial charge in [-0.05, 0) is 5.56 Å². The molecule has 1 aromatic rings. The molecular formula is C13H15NO4.